The Kier molecular flexibility index (Phi) is 11.7. The standard InChI is InChI=1S/C18H15S.C13H12F4O7S/c1-4-10-16(11-5-1)19(17-12-6-2-7-13-17)18-14-8-3-9-15-18;14-12(15,13(16,17)25(21,22)23)6-3-7-24-11(20)9-5-2-1-4-8(9)10(18)19/h1-15H;1-2,4-5H,3,6-7H2,(H,18,19)(H,21,22,23)/q+1;/p-1. The van der Waals surface area contributed by atoms with Gasteiger partial charge in [-0.2, -0.15) is 17.6 Å². The third kappa shape index (κ3) is 8.68. The summed E-state index contributed by atoms with van der Waals surface area (Å²) in [5, 5.41) is 3.08. The molecule has 0 aliphatic rings. The molecule has 13 heteroatoms. The van der Waals surface area contributed by atoms with Gasteiger partial charge in [0.05, 0.1) is 28.6 Å². The molecule has 0 saturated heterocycles. The topological polar surface area (TPSA) is 121 Å². The van der Waals surface area contributed by atoms with E-state index < -0.39 is 58.2 Å². The molecule has 0 radical (unpaired) electrons. The lowest BCUT2D eigenvalue weighted by molar-refractivity contribution is -0.165. The van der Waals surface area contributed by atoms with Gasteiger partial charge in [0.25, 0.3) is 0 Å². The van der Waals surface area contributed by atoms with Gasteiger partial charge in [0, 0.05) is 6.42 Å². The molecule has 0 fully saturated rings. The van der Waals surface area contributed by atoms with E-state index in [9.17, 15) is 40.1 Å². The van der Waals surface area contributed by atoms with E-state index in [2.05, 4.69) is 95.7 Å². The van der Waals surface area contributed by atoms with Gasteiger partial charge in [-0.25, -0.2) is 18.0 Å². The van der Waals surface area contributed by atoms with Crippen molar-refractivity contribution in [3.8, 4) is 0 Å². The molecule has 4 aromatic rings. The number of carbonyl (C=O) groups is 2. The first kappa shape index (κ1) is 34.3. The van der Waals surface area contributed by atoms with Crippen LogP contribution < -0.4 is 0 Å². The van der Waals surface area contributed by atoms with Crippen molar-refractivity contribution in [2.24, 2.45) is 0 Å². The van der Waals surface area contributed by atoms with Crippen molar-refractivity contribution in [1.82, 2.24) is 0 Å². The molecule has 0 amide bonds. The highest BCUT2D eigenvalue weighted by atomic mass is 32.2. The molecule has 0 aromatic heterocycles. The third-order valence-electron chi connectivity index (χ3n) is 5.92. The van der Waals surface area contributed by atoms with Crippen molar-refractivity contribution < 1.29 is 50.0 Å². The van der Waals surface area contributed by atoms with Crippen LogP contribution in [0.5, 0.6) is 0 Å². The van der Waals surface area contributed by atoms with Crippen LogP contribution in [0, 0.1) is 0 Å². The van der Waals surface area contributed by atoms with Crippen molar-refractivity contribution in [3.63, 3.8) is 0 Å². The van der Waals surface area contributed by atoms with Gasteiger partial charge in [-0.15, -0.1) is 0 Å². The molecule has 0 aliphatic heterocycles. The highest BCUT2D eigenvalue weighted by molar-refractivity contribution is 7.97. The van der Waals surface area contributed by atoms with Crippen LogP contribution in [0.3, 0.4) is 0 Å². The molecule has 0 atom stereocenters. The van der Waals surface area contributed by atoms with Gasteiger partial charge in [0.15, 0.2) is 24.8 Å². The van der Waals surface area contributed by atoms with Crippen LogP contribution in [-0.2, 0) is 25.7 Å². The summed E-state index contributed by atoms with van der Waals surface area (Å²) in [6.07, 6.45) is -2.63. The number of carboxylic acid groups (broad SMARTS) is 1. The normalized spacial score (nSPS) is 11.8. The first-order valence-corrected chi connectivity index (χ1v) is 15.5. The SMILES string of the molecule is O=C(O)c1ccccc1C(=O)OCCCC(F)(F)C(F)(F)S(=O)(=O)[O-].c1ccc([S+](c2ccccc2)c2ccccc2)cc1. The summed E-state index contributed by atoms with van der Waals surface area (Å²) >= 11 is 0. The van der Waals surface area contributed by atoms with Crippen molar-refractivity contribution in [2.45, 2.75) is 38.7 Å². The maximum atomic E-state index is 13.2. The van der Waals surface area contributed by atoms with Gasteiger partial charge < -0.3 is 14.4 Å². The second-order valence-electron chi connectivity index (χ2n) is 9.01. The number of ether oxygens (including phenoxy) is 1. The lowest BCUT2D eigenvalue weighted by atomic mass is 10.1. The molecule has 4 aromatic carbocycles. The van der Waals surface area contributed by atoms with E-state index in [0.717, 1.165) is 12.1 Å². The number of carboxylic acids is 1. The fourth-order valence-electron chi connectivity index (χ4n) is 3.79. The van der Waals surface area contributed by atoms with Crippen LogP contribution in [-0.4, -0.2) is 47.8 Å². The zero-order valence-electron chi connectivity index (χ0n) is 22.8. The number of rotatable bonds is 11. The lowest BCUT2D eigenvalue weighted by Gasteiger charge is -2.28. The fraction of sp³-hybridized carbons (Fsp3) is 0.161. The minimum Gasteiger partial charge on any atom is -0.743 e. The van der Waals surface area contributed by atoms with Gasteiger partial charge >= 0.3 is 23.1 Å². The van der Waals surface area contributed by atoms with E-state index in [1.165, 1.54) is 26.8 Å². The van der Waals surface area contributed by atoms with Crippen LogP contribution >= 0.6 is 0 Å². The van der Waals surface area contributed by atoms with Crippen LogP contribution in [0.25, 0.3) is 0 Å². The number of hydrogen-bond acceptors (Lipinski definition) is 6. The van der Waals surface area contributed by atoms with E-state index in [0.29, 0.717) is 0 Å². The van der Waals surface area contributed by atoms with Crippen LogP contribution in [0.1, 0.15) is 33.6 Å². The molecule has 7 nitrogen and oxygen atoms in total. The van der Waals surface area contributed by atoms with E-state index in [-0.39, 0.29) is 16.5 Å². The van der Waals surface area contributed by atoms with Crippen LogP contribution in [0.15, 0.2) is 130 Å². The first-order valence-electron chi connectivity index (χ1n) is 12.9. The Balaban J connectivity index is 0.000000248. The Morgan fingerprint density at radius 1 is 0.705 bits per heavy atom. The molecule has 0 saturated carbocycles. The molecule has 0 bridgehead atoms. The first-order chi connectivity index (χ1) is 20.8. The second kappa shape index (κ2) is 15.0. The average molecular weight is 651 g/mol. The Labute approximate surface area is 254 Å². The van der Waals surface area contributed by atoms with E-state index in [4.69, 9.17) is 5.11 Å². The molecule has 0 aliphatic carbocycles. The molecule has 0 unspecified atom stereocenters. The largest absolute Gasteiger partial charge is 0.743 e. The summed E-state index contributed by atoms with van der Waals surface area (Å²) in [5.41, 5.74) is -0.795. The number of benzene rings is 4. The number of alkyl halides is 4. The van der Waals surface area contributed by atoms with Crippen LogP contribution in [0.2, 0.25) is 0 Å². The predicted octanol–water partition coefficient (Wildman–Crippen LogP) is 6.88. The molecule has 0 spiro atoms. The van der Waals surface area contributed by atoms with Gasteiger partial charge in [-0.3, -0.25) is 0 Å². The minimum atomic E-state index is -6.58. The summed E-state index contributed by atoms with van der Waals surface area (Å²) in [4.78, 5) is 26.7. The predicted molar refractivity (Wildman–Crippen MR) is 154 cm³/mol. The molecule has 44 heavy (non-hydrogen) atoms. The highest BCUT2D eigenvalue weighted by Gasteiger charge is 2.60. The van der Waals surface area contributed by atoms with E-state index in [1.54, 1.807) is 0 Å². The van der Waals surface area contributed by atoms with Crippen molar-refractivity contribution in [2.75, 3.05) is 6.61 Å². The van der Waals surface area contributed by atoms with Crippen LogP contribution in [0.4, 0.5) is 17.6 Å². The smallest absolute Gasteiger partial charge is 0.396 e. The molecular weight excluding hydrogens is 624 g/mol. The fourth-order valence-corrected chi connectivity index (χ4v) is 6.36. The highest BCUT2D eigenvalue weighted by Crippen LogP contribution is 2.41. The summed E-state index contributed by atoms with van der Waals surface area (Å²) in [5.74, 6) is -7.79. The van der Waals surface area contributed by atoms with Crippen molar-refractivity contribution in [1.29, 1.82) is 0 Å². The number of hydrogen-bond donors (Lipinski definition) is 1. The van der Waals surface area contributed by atoms with Crippen molar-refractivity contribution in [3.05, 3.63) is 126 Å². The number of esters is 1. The molecule has 1 N–H and O–H groups in total. The minimum absolute atomic E-state index is 0.0146. The maximum Gasteiger partial charge on any atom is 0.396 e. The number of aromatic carboxylic acids is 1. The number of carbonyl (C=O) groups excluding carboxylic acids is 1. The zero-order valence-corrected chi connectivity index (χ0v) is 24.4. The van der Waals surface area contributed by atoms with Gasteiger partial charge in [0.1, 0.15) is 0 Å². The molecule has 0 heterocycles. The van der Waals surface area contributed by atoms with E-state index in [1.807, 2.05) is 0 Å². The quantitative estimate of drug-likeness (QED) is 0.0618. The van der Waals surface area contributed by atoms with Gasteiger partial charge in [0.2, 0.25) is 0 Å². The van der Waals surface area contributed by atoms with E-state index >= 15 is 0 Å². The second-order valence-corrected chi connectivity index (χ2v) is 12.5. The molecule has 4 rings (SSSR count). The Morgan fingerprint density at radius 2 is 1.09 bits per heavy atom. The average Bonchev–Trinajstić information content (AvgIpc) is 3.00. The summed E-state index contributed by atoms with van der Waals surface area (Å²) in [6, 6.07) is 37.0. The summed E-state index contributed by atoms with van der Waals surface area (Å²) < 4.78 is 87.2. The Bertz CT molecular complexity index is 1540. The maximum absolute atomic E-state index is 13.2. The lowest BCUT2D eigenvalue weighted by Crippen LogP contribution is -2.46. The van der Waals surface area contributed by atoms with Gasteiger partial charge in [-0.1, -0.05) is 66.7 Å². The zero-order chi connectivity index (χ0) is 32.4. The number of halogens is 4. The summed E-state index contributed by atoms with van der Waals surface area (Å²) in [6.45, 7) is -0.822. The molecule has 232 valence electrons. The Hall–Kier alpha value is -4.20. The van der Waals surface area contributed by atoms with Gasteiger partial charge in [-0.05, 0) is 55.0 Å². The Morgan fingerprint density at radius 3 is 1.48 bits per heavy atom. The molecular formula is C31H26F4O7S2. The third-order valence-corrected chi connectivity index (χ3v) is 9.08. The monoisotopic (exact) mass is 650 g/mol. The summed E-state index contributed by atoms with van der Waals surface area (Å²) in [7, 11) is -6.59. The van der Waals surface area contributed by atoms with Crippen molar-refractivity contribution >= 4 is 33.0 Å².